The van der Waals surface area contributed by atoms with Gasteiger partial charge >= 0.3 is 18.4 Å². The van der Waals surface area contributed by atoms with E-state index in [2.05, 4.69) is 11.9 Å². The van der Waals surface area contributed by atoms with E-state index in [1.165, 1.54) is 17.0 Å². The first-order chi connectivity index (χ1) is 20.9. The average molecular weight is 644 g/mol. The summed E-state index contributed by atoms with van der Waals surface area (Å²) >= 11 is 0.565. The number of likely N-dealkylation sites (tertiary alicyclic amines) is 1. The number of amides is 2. The molecule has 2 saturated heterocycles. The molecular formula is C30H31F6N3O4S. The molecule has 2 heterocycles. The number of nitrogens with one attached hydrogen (secondary N) is 1. The van der Waals surface area contributed by atoms with E-state index in [0.717, 1.165) is 24.3 Å². The van der Waals surface area contributed by atoms with Crippen LogP contribution in [0, 0.1) is 0 Å². The Labute approximate surface area is 254 Å². The van der Waals surface area contributed by atoms with E-state index in [1.54, 1.807) is 23.1 Å². The molecule has 44 heavy (non-hydrogen) atoms. The van der Waals surface area contributed by atoms with Crippen molar-refractivity contribution in [2.75, 3.05) is 51.3 Å². The number of nitrogens with zero attached hydrogens (tertiary/aromatic N) is 2. The van der Waals surface area contributed by atoms with E-state index in [-0.39, 0.29) is 39.0 Å². The fourth-order valence-corrected chi connectivity index (χ4v) is 5.94. The van der Waals surface area contributed by atoms with Gasteiger partial charge in [0.1, 0.15) is 6.61 Å². The maximum Gasteiger partial charge on any atom is 0.418 e. The molecule has 2 aromatic carbocycles. The molecule has 0 aromatic heterocycles. The molecule has 0 unspecified atom stereocenters. The van der Waals surface area contributed by atoms with Crippen molar-refractivity contribution in [1.29, 1.82) is 0 Å². The Morgan fingerprint density at radius 2 is 1.66 bits per heavy atom. The Kier molecular flexibility index (Phi) is 10.9. The average Bonchev–Trinajstić information content (AvgIpc) is 2.98. The van der Waals surface area contributed by atoms with Crippen LogP contribution in [0.1, 0.15) is 29.5 Å². The van der Waals surface area contributed by atoms with Crippen LogP contribution < -0.4 is 5.32 Å². The largest absolute Gasteiger partial charge is 0.445 e. The van der Waals surface area contributed by atoms with Crippen molar-refractivity contribution in [3.63, 3.8) is 0 Å². The third-order valence-corrected chi connectivity index (χ3v) is 8.05. The van der Waals surface area contributed by atoms with Crippen molar-refractivity contribution in [2.24, 2.45) is 0 Å². The minimum absolute atomic E-state index is 0.0347. The summed E-state index contributed by atoms with van der Waals surface area (Å²) in [6.07, 6.45) is -6.83. The molecule has 1 N–H and O–H groups in total. The number of rotatable bonds is 8. The van der Waals surface area contributed by atoms with E-state index < -0.39 is 45.9 Å². The minimum atomic E-state index is -5.35. The molecule has 2 fully saturated rings. The molecule has 2 aliphatic heterocycles. The van der Waals surface area contributed by atoms with E-state index in [9.17, 15) is 35.9 Å². The van der Waals surface area contributed by atoms with Crippen molar-refractivity contribution in [3.05, 3.63) is 71.8 Å². The van der Waals surface area contributed by atoms with Crippen LogP contribution in [-0.4, -0.2) is 73.8 Å². The first-order valence-electron chi connectivity index (χ1n) is 13.8. The van der Waals surface area contributed by atoms with Gasteiger partial charge < -0.3 is 24.6 Å². The molecule has 4 rings (SSSR count). The predicted octanol–water partition coefficient (Wildman–Crippen LogP) is 6.95. The highest BCUT2D eigenvalue weighted by atomic mass is 32.2. The molecule has 0 aliphatic carbocycles. The molecule has 2 amide bonds. The normalized spacial score (nSPS) is 16.7. The molecule has 0 atom stereocenters. The van der Waals surface area contributed by atoms with Crippen LogP contribution in [0.15, 0.2) is 64.9 Å². The lowest BCUT2D eigenvalue weighted by atomic mass is 9.99. The van der Waals surface area contributed by atoms with Gasteiger partial charge in [-0.05, 0) is 48.7 Å². The van der Waals surface area contributed by atoms with E-state index >= 15 is 0 Å². The Bertz CT molecular complexity index is 1370. The van der Waals surface area contributed by atoms with Gasteiger partial charge in [0.05, 0.1) is 24.3 Å². The number of alkyl halides is 6. The van der Waals surface area contributed by atoms with Gasteiger partial charge in [0.15, 0.2) is 0 Å². The molecule has 2 aliphatic rings. The highest BCUT2D eigenvalue weighted by Gasteiger charge is 2.46. The zero-order chi connectivity index (χ0) is 31.9. The lowest BCUT2D eigenvalue weighted by molar-refractivity contribution is -0.163. The summed E-state index contributed by atoms with van der Waals surface area (Å²) < 4.78 is 95.6. The number of hydrogen-bond donors (Lipinski definition) is 1. The number of halogens is 6. The van der Waals surface area contributed by atoms with Crippen LogP contribution in [0.5, 0.6) is 0 Å². The molecule has 238 valence electrons. The van der Waals surface area contributed by atoms with Crippen molar-refractivity contribution in [1.82, 2.24) is 9.80 Å². The minimum Gasteiger partial charge on any atom is -0.445 e. The maximum atomic E-state index is 14.3. The van der Waals surface area contributed by atoms with Crippen LogP contribution in [-0.2, 0) is 26.6 Å². The number of benzene rings is 2. The highest BCUT2D eigenvalue weighted by Crippen LogP contribution is 2.48. The number of piperidine rings is 1. The lowest BCUT2D eigenvalue weighted by Gasteiger charge is -2.32. The van der Waals surface area contributed by atoms with Gasteiger partial charge in [0.25, 0.3) is 0 Å². The van der Waals surface area contributed by atoms with Crippen molar-refractivity contribution < 1.29 is 45.4 Å². The molecule has 0 spiro atoms. The summed E-state index contributed by atoms with van der Waals surface area (Å²) in [7, 11) is 0. The second-order valence-corrected chi connectivity index (χ2v) is 11.2. The summed E-state index contributed by atoms with van der Waals surface area (Å²) in [4.78, 5) is 27.1. The Hall–Kier alpha value is -3.65. The van der Waals surface area contributed by atoms with Gasteiger partial charge in [0, 0.05) is 53.8 Å². The smallest absolute Gasteiger partial charge is 0.418 e. The second-order valence-electron chi connectivity index (χ2n) is 10.1. The van der Waals surface area contributed by atoms with Gasteiger partial charge in [-0.2, -0.15) is 26.3 Å². The molecule has 0 radical (unpaired) electrons. The zero-order valence-electron chi connectivity index (χ0n) is 23.5. The zero-order valence-corrected chi connectivity index (χ0v) is 24.4. The first-order valence-corrected chi connectivity index (χ1v) is 14.6. The van der Waals surface area contributed by atoms with Gasteiger partial charge in [-0.1, -0.05) is 36.5 Å². The van der Waals surface area contributed by atoms with Crippen LogP contribution >= 0.6 is 11.8 Å². The van der Waals surface area contributed by atoms with Crippen LogP contribution in [0.3, 0.4) is 0 Å². The quantitative estimate of drug-likeness (QED) is 0.191. The fourth-order valence-electron chi connectivity index (χ4n) is 4.90. The summed E-state index contributed by atoms with van der Waals surface area (Å²) in [5, 5.41) is 3.29. The highest BCUT2D eigenvalue weighted by molar-refractivity contribution is 7.99. The van der Waals surface area contributed by atoms with Crippen molar-refractivity contribution >= 4 is 35.5 Å². The number of carbonyl (C=O) groups is 2. The summed E-state index contributed by atoms with van der Waals surface area (Å²) in [5.74, 6) is -0.615. The van der Waals surface area contributed by atoms with E-state index in [4.69, 9.17) is 9.47 Å². The molecule has 0 saturated carbocycles. The standard InChI is InChI=1S/C30H31F6N3O4S/c1-2-16-43-28(41)39-12-10-21(11-13-39)37-22-4-3-5-23(19-22)44-24-8-6-20(7-9-25(40)38-14-17-42-18-15-38)26(29(31,32)33)27(24)30(34,35)36/h2-9,19,21,37H,1,10-18H2. The van der Waals surface area contributed by atoms with Crippen LogP contribution in [0.2, 0.25) is 0 Å². The Morgan fingerprint density at radius 3 is 2.30 bits per heavy atom. The number of carbonyl (C=O) groups excluding carboxylic acids is 2. The second kappa shape index (κ2) is 14.4. The third kappa shape index (κ3) is 8.72. The number of hydrogen-bond acceptors (Lipinski definition) is 6. The first kappa shape index (κ1) is 33.2. The predicted molar refractivity (Wildman–Crippen MR) is 153 cm³/mol. The SMILES string of the molecule is C=CCOC(=O)N1CCC(Nc2cccc(Sc3ccc(C=CC(=O)N4CCOCC4)c(C(F)(F)F)c3C(F)(F)F)c2)CC1. The number of anilines is 1. The van der Waals surface area contributed by atoms with Crippen LogP contribution in [0.25, 0.3) is 6.08 Å². The molecule has 0 bridgehead atoms. The molecule has 7 nitrogen and oxygen atoms in total. The van der Waals surface area contributed by atoms with E-state index in [0.29, 0.717) is 48.3 Å². The van der Waals surface area contributed by atoms with Gasteiger partial charge in [0.2, 0.25) is 5.91 Å². The topological polar surface area (TPSA) is 71.1 Å². The number of ether oxygens (including phenoxy) is 2. The van der Waals surface area contributed by atoms with Crippen molar-refractivity contribution in [3.8, 4) is 0 Å². The molecular weight excluding hydrogens is 612 g/mol. The molecule has 14 heteroatoms. The van der Waals surface area contributed by atoms with Gasteiger partial charge in [-0.25, -0.2) is 4.79 Å². The summed E-state index contributed by atoms with van der Waals surface area (Å²) in [6, 6.07) is 8.28. The third-order valence-electron chi connectivity index (χ3n) is 7.00. The van der Waals surface area contributed by atoms with Crippen molar-refractivity contribution in [2.45, 2.75) is 41.0 Å². The van der Waals surface area contributed by atoms with E-state index in [1.807, 2.05) is 0 Å². The lowest BCUT2D eigenvalue weighted by Crippen LogP contribution is -2.42. The monoisotopic (exact) mass is 643 g/mol. The Balaban J connectivity index is 1.54. The number of morpholine rings is 1. The van der Waals surface area contributed by atoms with Crippen LogP contribution in [0.4, 0.5) is 36.8 Å². The van der Waals surface area contributed by atoms with Gasteiger partial charge in [-0.3, -0.25) is 4.79 Å². The summed E-state index contributed by atoms with van der Waals surface area (Å²) in [5.41, 5.74) is -3.85. The Morgan fingerprint density at radius 1 is 0.977 bits per heavy atom. The fraction of sp³-hybridized carbons (Fsp3) is 0.400. The van der Waals surface area contributed by atoms with Gasteiger partial charge in [-0.15, -0.1) is 0 Å². The maximum absolute atomic E-state index is 14.3. The summed E-state index contributed by atoms with van der Waals surface area (Å²) in [6.45, 7) is 5.48. The molecule has 2 aromatic rings.